The zero-order valence-electron chi connectivity index (χ0n) is 14.5. The molecule has 0 bridgehead atoms. The molecule has 1 atom stereocenters. The Bertz CT molecular complexity index is 980. The summed E-state index contributed by atoms with van der Waals surface area (Å²) in [5.74, 6) is -2.81. The molecule has 0 aliphatic rings. The molecule has 5 nitrogen and oxygen atoms in total. The molecule has 0 aliphatic carbocycles. The predicted octanol–water partition coefficient (Wildman–Crippen LogP) is 3.94. The van der Waals surface area contributed by atoms with Gasteiger partial charge < -0.3 is 4.74 Å². The minimum Gasteiger partial charge on any atom is -0.448 e. The molecule has 0 saturated heterocycles. The lowest BCUT2D eigenvalue weighted by Gasteiger charge is -2.20. The lowest BCUT2D eigenvalue weighted by Crippen LogP contribution is -2.39. The summed E-state index contributed by atoms with van der Waals surface area (Å²) >= 11 is 0. The van der Waals surface area contributed by atoms with E-state index in [1.165, 1.54) is 12.1 Å². The standard InChI is InChI=1S/C18H17F3O5S/c1-11(2)13-6-4-12-5-7-14(9-15(12)8-13)17(22)26-16(18(19,20)21)10-27(23,24)25-3/h4-9,16H,1,10H2,2-3H3. The van der Waals surface area contributed by atoms with Gasteiger partial charge in [-0.25, -0.2) is 4.79 Å². The van der Waals surface area contributed by atoms with E-state index in [9.17, 15) is 26.4 Å². The number of halogens is 3. The number of ether oxygens (including phenoxy) is 1. The van der Waals surface area contributed by atoms with Crippen LogP contribution in [0.3, 0.4) is 0 Å². The highest BCUT2D eigenvalue weighted by molar-refractivity contribution is 7.86. The van der Waals surface area contributed by atoms with Crippen LogP contribution in [0, 0.1) is 0 Å². The predicted molar refractivity (Wildman–Crippen MR) is 94.7 cm³/mol. The third kappa shape index (κ3) is 5.30. The molecule has 2 aromatic rings. The largest absolute Gasteiger partial charge is 0.448 e. The monoisotopic (exact) mass is 402 g/mol. The SMILES string of the molecule is C=C(C)c1ccc2ccc(C(=O)OC(CS(=O)(=O)OC)C(F)(F)F)cc2c1. The first kappa shape index (κ1) is 20.9. The fraction of sp³-hybridized carbons (Fsp3) is 0.278. The topological polar surface area (TPSA) is 69.7 Å². The molecule has 0 aromatic heterocycles. The number of alkyl halides is 3. The lowest BCUT2D eigenvalue weighted by molar-refractivity contribution is -0.197. The van der Waals surface area contributed by atoms with Crippen molar-refractivity contribution in [2.45, 2.75) is 19.2 Å². The van der Waals surface area contributed by atoms with Gasteiger partial charge in [0.25, 0.3) is 10.1 Å². The van der Waals surface area contributed by atoms with E-state index in [2.05, 4.69) is 15.5 Å². The van der Waals surface area contributed by atoms with Crippen LogP contribution in [-0.4, -0.2) is 39.5 Å². The summed E-state index contributed by atoms with van der Waals surface area (Å²) in [6, 6.07) is 9.61. The van der Waals surface area contributed by atoms with Crippen molar-refractivity contribution < 1.29 is 35.3 Å². The number of esters is 1. The van der Waals surface area contributed by atoms with Gasteiger partial charge in [0.05, 0.1) is 12.7 Å². The fourth-order valence-electron chi connectivity index (χ4n) is 2.29. The van der Waals surface area contributed by atoms with Crippen LogP contribution < -0.4 is 0 Å². The molecule has 2 aromatic carbocycles. The van der Waals surface area contributed by atoms with Crippen LogP contribution in [0.2, 0.25) is 0 Å². The van der Waals surface area contributed by atoms with E-state index >= 15 is 0 Å². The molecular weight excluding hydrogens is 385 g/mol. The summed E-state index contributed by atoms with van der Waals surface area (Å²) < 4.78 is 70.3. The van der Waals surface area contributed by atoms with Gasteiger partial charge in [0.1, 0.15) is 5.75 Å². The molecule has 9 heteroatoms. The average Bonchev–Trinajstić information content (AvgIpc) is 2.59. The maximum Gasteiger partial charge on any atom is 0.426 e. The van der Waals surface area contributed by atoms with Crippen LogP contribution in [-0.2, 0) is 19.0 Å². The van der Waals surface area contributed by atoms with Gasteiger partial charge >= 0.3 is 12.1 Å². The van der Waals surface area contributed by atoms with E-state index in [-0.39, 0.29) is 5.56 Å². The number of hydrogen-bond acceptors (Lipinski definition) is 5. The molecule has 0 radical (unpaired) electrons. The van der Waals surface area contributed by atoms with E-state index in [4.69, 9.17) is 0 Å². The summed E-state index contributed by atoms with van der Waals surface area (Å²) in [6.07, 6.45) is -7.90. The molecule has 0 heterocycles. The highest BCUT2D eigenvalue weighted by Gasteiger charge is 2.46. The van der Waals surface area contributed by atoms with Crippen molar-refractivity contribution in [2.24, 2.45) is 0 Å². The third-order valence-electron chi connectivity index (χ3n) is 3.79. The van der Waals surface area contributed by atoms with Gasteiger partial charge in [-0.1, -0.05) is 30.4 Å². The van der Waals surface area contributed by atoms with E-state index in [1.807, 2.05) is 6.07 Å². The molecule has 0 amide bonds. The Labute approximate surface area is 154 Å². The maximum atomic E-state index is 13.1. The summed E-state index contributed by atoms with van der Waals surface area (Å²) in [4.78, 5) is 12.2. The quantitative estimate of drug-likeness (QED) is 0.541. The van der Waals surface area contributed by atoms with Crippen LogP contribution in [0.25, 0.3) is 16.3 Å². The fourth-order valence-corrected chi connectivity index (χ4v) is 3.05. The molecule has 146 valence electrons. The van der Waals surface area contributed by atoms with E-state index in [1.54, 1.807) is 25.1 Å². The minimum absolute atomic E-state index is 0.134. The first-order chi connectivity index (χ1) is 12.4. The Morgan fingerprint density at radius 3 is 2.19 bits per heavy atom. The zero-order valence-corrected chi connectivity index (χ0v) is 15.4. The molecule has 0 fully saturated rings. The van der Waals surface area contributed by atoms with E-state index < -0.39 is 34.1 Å². The lowest BCUT2D eigenvalue weighted by atomic mass is 10.0. The van der Waals surface area contributed by atoms with E-state index in [0.717, 1.165) is 23.6 Å². The van der Waals surface area contributed by atoms with Gasteiger partial charge in [0, 0.05) is 0 Å². The first-order valence-electron chi connectivity index (χ1n) is 7.68. The Balaban J connectivity index is 2.33. The third-order valence-corrected chi connectivity index (χ3v) is 5.01. The molecule has 27 heavy (non-hydrogen) atoms. The minimum atomic E-state index is -5.06. The molecule has 2 rings (SSSR count). The van der Waals surface area contributed by atoms with Crippen LogP contribution in [0.5, 0.6) is 0 Å². The van der Waals surface area contributed by atoms with Crippen molar-refractivity contribution in [1.29, 1.82) is 0 Å². The molecule has 1 unspecified atom stereocenters. The van der Waals surface area contributed by atoms with Crippen molar-refractivity contribution in [3.8, 4) is 0 Å². The number of hydrogen-bond donors (Lipinski definition) is 0. The number of carbonyl (C=O) groups is 1. The van der Waals surface area contributed by atoms with Crippen molar-refractivity contribution >= 4 is 32.4 Å². The molecule has 0 spiro atoms. The normalized spacial score (nSPS) is 13.4. The van der Waals surface area contributed by atoms with E-state index in [0.29, 0.717) is 5.39 Å². The number of allylic oxidation sites excluding steroid dienone is 1. The van der Waals surface area contributed by atoms with Gasteiger partial charge in [-0.2, -0.15) is 21.6 Å². The molecule has 0 N–H and O–H groups in total. The Morgan fingerprint density at radius 1 is 1.11 bits per heavy atom. The van der Waals surface area contributed by atoms with Crippen molar-refractivity contribution in [3.63, 3.8) is 0 Å². The molecule has 0 saturated carbocycles. The van der Waals surface area contributed by atoms with Crippen LogP contribution in [0.1, 0.15) is 22.8 Å². The molecular formula is C18H17F3O5S. The number of rotatable bonds is 6. The Kier molecular flexibility index (Phi) is 5.96. The Morgan fingerprint density at radius 2 is 1.67 bits per heavy atom. The van der Waals surface area contributed by atoms with Gasteiger partial charge in [-0.3, -0.25) is 4.18 Å². The second-order valence-electron chi connectivity index (χ2n) is 5.88. The number of carbonyl (C=O) groups excluding carboxylic acids is 1. The first-order valence-corrected chi connectivity index (χ1v) is 9.26. The second-order valence-corrected chi connectivity index (χ2v) is 7.67. The van der Waals surface area contributed by atoms with Gasteiger partial charge in [-0.05, 0) is 41.5 Å². The van der Waals surface area contributed by atoms with Crippen molar-refractivity contribution in [2.75, 3.05) is 12.9 Å². The summed E-state index contributed by atoms with van der Waals surface area (Å²) in [5, 5.41) is 1.38. The number of benzene rings is 2. The van der Waals surface area contributed by atoms with Crippen molar-refractivity contribution in [1.82, 2.24) is 0 Å². The smallest absolute Gasteiger partial charge is 0.426 e. The van der Waals surface area contributed by atoms with Crippen molar-refractivity contribution in [3.05, 3.63) is 54.1 Å². The highest BCUT2D eigenvalue weighted by atomic mass is 32.2. The van der Waals surface area contributed by atoms with Crippen LogP contribution in [0.4, 0.5) is 13.2 Å². The van der Waals surface area contributed by atoms with Crippen LogP contribution >= 0.6 is 0 Å². The van der Waals surface area contributed by atoms with Gasteiger partial charge in [-0.15, -0.1) is 0 Å². The maximum absolute atomic E-state index is 13.1. The summed E-state index contributed by atoms with van der Waals surface area (Å²) in [5.41, 5.74) is 1.46. The second kappa shape index (κ2) is 7.69. The number of fused-ring (bicyclic) bond motifs is 1. The Hall–Kier alpha value is -2.39. The zero-order chi connectivity index (χ0) is 20.4. The van der Waals surface area contributed by atoms with Gasteiger partial charge in [0.15, 0.2) is 0 Å². The highest BCUT2D eigenvalue weighted by Crippen LogP contribution is 2.27. The summed E-state index contributed by atoms with van der Waals surface area (Å²) in [6.45, 7) is 5.61. The average molecular weight is 402 g/mol. The molecule has 0 aliphatic heterocycles. The summed E-state index contributed by atoms with van der Waals surface area (Å²) in [7, 11) is -3.76. The van der Waals surface area contributed by atoms with Crippen LogP contribution in [0.15, 0.2) is 43.0 Å². The van der Waals surface area contributed by atoms with Gasteiger partial charge in [0.2, 0.25) is 6.10 Å².